The molecule has 0 bridgehead atoms. The molecule has 0 radical (unpaired) electrons. The van der Waals surface area contributed by atoms with Crippen molar-refractivity contribution in [2.24, 2.45) is 0 Å². The van der Waals surface area contributed by atoms with Crippen LogP contribution in [0.3, 0.4) is 0 Å². The number of benzene rings is 1. The van der Waals surface area contributed by atoms with Gasteiger partial charge in [0.15, 0.2) is 0 Å². The number of hydrogen-bond donors (Lipinski definition) is 1. The van der Waals surface area contributed by atoms with Gasteiger partial charge in [-0.05, 0) is 25.6 Å². The van der Waals surface area contributed by atoms with E-state index in [-0.39, 0.29) is 12.1 Å². The van der Waals surface area contributed by atoms with Gasteiger partial charge < -0.3 is 10.1 Å². The van der Waals surface area contributed by atoms with Crippen molar-refractivity contribution < 1.29 is 9.53 Å². The minimum Gasteiger partial charge on any atom is -0.457 e. The van der Waals surface area contributed by atoms with E-state index in [0.29, 0.717) is 12.1 Å². The second kappa shape index (κ2) is 4.03. The molecule has 0 aliphatic carbocycles. The molecule has 1 unspecified atom stereocenters. The predicted molar refractivity (Wildman–Crippen MR) is 58.0 cm³/mol. The monoisotopic (exact) mass is 205 g/mol. The highest BCUT2D eigenvalue weighted by atomic mass is 16.5. The van der Waals surface area contributed by atoms with Gasteiger partial charge in [0.1, 0.15) is 6.10 Å². The molecule has 15 heavy (non-hydrogen) atoms. The summed E-state index contributed by atoms with van der Waals surface area (Å²) < 4.78 is 5.29. The molecule has 1 aliphatic rings. The van der Waals surface area contributed by atoms with Crippen molar-refractivity contribution in [1.82, 2.24) is 5.32 Å². The van der Waals surface area contributed by atoms with E-state index >= 15 is 0 Å². The molecule has 0 amide bonds. The minimum absolute atomic E-state index is 0.0307. The SMILES string of the molecule is CNCC1Cc2cc(C)ccc2C(=O)O1. The van der Waals surface area contributed by atoms with Gasteiger partial charge in [0.2, 0.25) is 0 Å². The van der Waals surface area contributed by atoms with Gasteiger partial charge in [-0.3, -0.25) is 0 Å². The lowest BCUT2D eigenvalue weighted by atomic mass is 9.96. The van der Waals surface area contributed by atoms with Crippen molar-refractivity contribution in [3.63, 3.8) is 0 Å². The Bertz CT molecular complexity index is 387. The summed E-state index contributed by atoms with van der Waals surface area (Å²) in [6, 6.07) is 5.86. The molecule has 80 valence electrons. The highest BCUT2D eigenvalue weighted by molar-refractivity contribution is 5.92. The largest absolute Gasteiger partial charge is 0.457 e. The summed E-state index contributed by atoms with van der Waals surface area (Å²) in [5, 5.41) is 3.03. The summed E-state index contributed by atoms with van der Waals surface area (Å²) in [4.78, 5) is 11.6. The maximum absolute atomic E-state index is 11.6. The third kappa shape index (κ3) is 2.02. The zero-order valence-electron chi connectivity index (χ0n) is 9.04. The molecule has 1 N–H and O–H groups in total. The zero-order valence-corrected chi connectivity index (χ0v) is 9.04. The van der Waals surface area contributed by atoms with Crippen molar-refractivity contribution in [1.29, 1.82) is 0 Å². The molecule has 1 aromatic carbocycles. The van der Waals surface area contributed by atoms with Gasteiger partial charge in [0.25, 0.3) is 0 Å². The minimum atomic E-state index is -0.198. The van der Waals surface area contributed by atoms with Gasteiger partial charge in [-0.15, -0.1) is 0 Å². The fraction of sp³-hybridized carbons (Fsp3) is 0.417. The number of ether oxygens (including phenoxy) is 1. The average molecular weight is 205 g/mol. The number of likely N-dealkylation sites (N-methyl/N-ethyl adjacent to an activating group) is 1. The van der Waals surface area contributed by atoms with Gasteiger partial charge in [-0.2, -0.15) is 0 Å². The number of esters is 1. The number of carbonyl (C=O) groups is 1. The number of nitrogens with one attached hydrogen (secondary N) is 1. The Morgan fingerprint density at radius 2 is 2.33 bits per heavy atom. The Hall–Kier alpha value is -1.35. The lowest BCUT2D eigenvalue weighted by Crippen LogP contribution is -2.35. The lowest BCUT2D eigenvalue weighted by molar-refractivity contribution is 0.0264. The predicted octanol–water partition coefficient (Wildman–Crippen LogP) is 1.30. The van der Waals surface area contributed by atoms with Crippen molar-refractivity contribution in [2.45, 2.75) is 19.4 Å². The molecule has 3 nitrogen and oxygen atoms in total. The first kappa shape index (κ1) is 10.2. The molecule has 3 heteroatoms. The highest BCUT2D eigenvalue weighted by Crippen LogP contribution is 2.21. The van der Waals surface area contributed by atoms with Crippen molar-refractivity contribution >= 4 is 5.97 Å². The molecule has 1 aromatic rings. The van der Waals surface area contributed by atoms with Crippen LogP contribution in [0.5, 0.6) is 0 Å². The highest BCUT2D eigenvalue weighted by Gasteiger charge is 2.25. The number of fused-ring (bicyclic) bond motifs is 1. The van der Waals surface area contributed by atoms with Gasteiger partial charge in [0, 0.05) is 13.0 Å². The fourth-order valence-electron chi connectivity index (χ4n) is 1.93. The van der Waals surface area contributed by atoms with Gasteiger partial charge in [0.05, 0.1) is 5.56 Å². The first-order chi connectivity index (χ1) is 7.20. The van der Waals surface area contributed by atoms with Crippen molar-refractivity contribution in [2.75, 3.05) is 13.6 Å². The third-order valence-electron chi connectivity index (χ3n) is 2.63. The molecule has 0 fully saturated rings. The summed E-state index contributed by atoms with van der Waals surface area (Å²) in [6.07, 6.45) is 0.778. The molecular weight excluding hydrogens is 190 g/mol. The Balaban J connectivity index is 2.29. The topological polar surface area (TPSA) is 38.3 Å². The Labute approximate surface area is 89.4 Å². The summed E-state index contributed by atoms with van der Waals surface area (Å²) in [5.74, 6) is -0.198. The molecule has 0 spiro atoms. The van der Waals surface area contributed by atoms with Crippen molar-refractivity contribution in [3.8, 4) is 0 Å². The fourth-order valence-corrected chi connectivity index (χ4v) is 1.93. The Kier molecular flexibility index (Phi) is 2.73. The van der Waals surface area contributed by atoms with Gasteiger partial charge in [-0.1, -0.05) is 17.7 Å². The lowest BCUT2D eigenvalue weighted by Gasteiger charge is -2.24. The van der Waals surface area contributed by atoms with Crippen LogP contribution in [-0.2, 0) is 11.2 Å². The van der Waals surface area contributed by atoms with Crippen LogP contribution in [-0.4, -0.2) is 25.7 Å². The molecule has 0 aromatic heterocycles. The standard InChI is InChI=1S/C12H15NO2/c1-8-3-4-11-9(5-8)6-10(7-13-2)15-12(11)14/h3-5,10,13H,6-7H2,1-2H3. The van der Waals surface area contributed by atoms with E-state index in [4.69, 9.17) is 4.74 Å². The Morgan fingerprint density at radius 3 is 3.07 bits per heavy atom. The van der Waals surface area contributed by atoms with Crippen molar-refractivity contribution in [3.05, 3.63) is 34.9 Å². The zero-order chi connectivity index (χ0) is 10.8. The van der Waals surface area contributed by atoms with E-state index in [1.165, 1.54) is 5.56 Å². The van der Waals surface area contributed by atoms with E-state index in [1.54, 1.807) is 0 Å². The average Bonchev–Trinajstić information content (AvgIpc) is 2.17. The number of cyclic esters (lactones) is 1. The van der Waals surface area contributed by atoms with Crippen LogP contribution in [0.15, 0.2) is 18.2 Å². The number of rotatable bonds is 2. The second-order valence-corrected chi connectivity index (χ2v) is 3.95. The smallest absolute Gasteiger partial charge is 0.338 e. The van der Waals surface area contributed by atoms with E-state index in [2.05, 4.69) is 11.4 Å². The van der Waals surface area contributed by atoms with Crippen LogP contribution in [0.1, 0.15) is 21.5 Å². The quantitative estimate of drug-likeness (QED) is 0.739. The Morgan fingerprint density at radius 1 is 1.53 bits per heavy atom. The normalized spacial score (nSPS) is 19.6. The first-order valence-corrected chi connectivity index (χ1v) is 5.16. The number of aryl methyl sites for hydroxylation is 1. The summed E-state index contributed by atoms with van der Waals surface area (Å²) in [5.41, 5.74) is 3.01. The molecular formula is C12H15NO2. The van der Waals surface area contributed by atoms with E-state index in [9.17, 15) is 4.79 Å². The summed E-state index contributed by atoms with van der Waals surface area (Å²) in [7, 11) is 1.86. The maximum atomic E-state index is 11.6. The molecule has 1 atom stereocenters. The summed E-state index contributed by atoms with van der Waals surface area (Å²) in [6.45, 7) is 2.74. The van der Waals surface area contributed by atoms with Gasteiger partial charge in [-0.25, -0.2) is 4.79 Å². The summed E-state index contributed by atoms with van der Waals surface area (Å²) >= 11 is 0. The molecule has 2 rings (SSSR count). The van der Waals surface area contributed by atoms with Gasteiger partial charge >= 0.3 is 5.97 Å². The van der Waals surface area contributed by atoms with Crippen LogP contribution in [0, 0.1) is 6.92 Å². The van der Waals surface area contributed by atoms with E-state index in [0.717, 1.165) is 12.0 Å². The third-order valence-corrected chi connectivity index (χ3v) is 2.63. The first-order valence-electron chi connectivity index (χ1n) is 5.16. The molecule has 1 aliphatic heterocycles. The van der Waals surface area contributed by atoms with E-state index in [1.807, 2.05) is 26.1 Å². The van der Waals surface area contributed by atoms with Crippen LogP contribution in [0.4, 0.5) is 0 Å². The molecule has 0 saturated carbocycles. The number of hydrogen-bond acceptors (Lipinski definition) is 3. The van der Waals surface area contributed by atoms with Crippen LogP contribution in [0.2, 0.25) is 0 Å². The number of carbonyl (C=O) groups excluding carboxylic acids is 1. The van der Waals surface area contributed by atoms with E-state index < -0.39 is 0 Å². The maximum Gasteiger partial charge on any atom is 0.338 e. The second-order valence-electron chi connectivity index (χ2n) is 3.95. The molecule has 1 heterocycles. The van der Waals surface area contributed by atoms with Crippen LogP contribution in [0.25, 0.3) is 0 Å². The van der Waals surface area contributed by atoms with Crippen LogP contribution < -0.4 is 5.32 Å². The van der Waals surface area contributed by atoms with Crippen LogP contribution >= 0.6 is 0 Å². The molecule has 0 saturated heterocycles.